The predicted molar refractivity (Wildman–Crippen MR) is 138 cm³/mol. The summed E-state index contributed by atoms with van der Waals surface area (Å²) in [6.45, 7) is -0.132. The van der Waals surface area contributed by atoms with E-state index >= 15 is 0 Å². The van der Waals surface area contributed by atoms with Gasteiger partial charge in [0.25, 0.3) is 5.69 Å². The van der Waals surface area contributed by atoms with E-state index < -0.39 is 22.8 Å². The smallest absolute Gasteiger partial charge is 0.314 e. The van der Waals surface area contributed by atoms with E-state index in [2.05, 4.69) is 0 Å². The van der Waals surface area contributed by atoms with Crippen LogP contribution >= 0.6 is 0 Å². The van der Waals surface area contributed by atoms with E-state index in [9.17, 15) is 19.7 Å². The summed E-state index contributed by atoms with van der Waals surface area (Å²) < 4.78 is 16.8. The molecule has 0 saturated carbocycles. The highest BCUT2D eigenvalue weighted by atomic mass is 16.6. The molecule has 0 aliphatic heterocycles. The fourth-order valence-electron chi connectivity index (χ4n) is 4.76. The molecule has 10 heteroatoms. The molecule has 1 atom stereocenters. The lowest BCUT2D eigenvalue weighted by Gasteiger charge is -2.21. The number of hydrogen-bond donors (Lipinski definition) is 2. The number of aliphatic carboxylic acids is 1. The second kappa shape index (κ2) is 11.7. The van der Waals surface area contributed by atoms with Crippen molar-refractivity contribution in [2.24, 2.45) is 5.73 Å². The van der Waals surface area contributed by atoms with Crippen LogP contribution in [0.25, 0.3) is 11.1 Å². The van der Waals surface area contributed by atoms with Gasteiger partial charge in [-0.05, 0) is 28.7 Å². The monoisotopic (exact) mass is 520 g/mol. The number of benzene rings is 3. The number of methoxy groups -OCH3 is 1. The van der Waals surface area contributed by atoms with Crippen molar-refractivity contribution in [2.45, 2.75) is 24.7 Å². The Morgan fingerprint density at radius 1 is 1.08 bits per heavy atom. The number of nitro benzene ring substituents is 1. The number of ether oxygens (including phenoxy) is 3. The molecule has 3 aromatic carbocycles. The number of hydrogen-bond acceptors (Lipinski definition) is 8. The van der Waals surface area contributed by atoms with Gasteiger partial charge in [0.15, 0.2) is 11.5 Å². The standard InChI is InChI=1S/C28H28N2O8/c1-36-27-22(13-17(30(34)35)14-25(27)37-12-6-11-26(31)32)23(15-29)28(33)38-16-24-20-9-4-2-7-18(20)19-8-3-5-10-21(19)24/h2-5,7-10,13-14,23-24H,6,11-12,15-16,29H2,1H3,(H,31,32). The zero-order chi connectivity index (χ0) is 27.2. The Kier molecular flexibility index (Phi) is 8.22. The predicted octanol–water partition coefficient (Wildman–Crippen LogP) is 4.25. The Bertz CT molecular complexity index is 1310. The van der Waals surface area contributed by atoms with Crippen LogP contribution in [-0.2, 0) is 14.3 Å². The van der Waals surface area contributed by atoms with E-state index in [1.807, 2.05) is 48.5 Å². The number of carboxylic acid groups (broad SMARTS) is 1. The Balaban J connectivity index is 1.59. The highest BCUT2D eigenvalue weighted by Gasteiger charge is 2.33. The number of esters is 1. The molecule has 0 spiro atoms. The van der Waals surface area contributed by atoms with Crippen LogP contribution in [0.3, 0.4) is 0 Å². The van der Waals surface area contributed by atoms with Crippen LogP contribution in [0.2, 0.25) is 0 Å². The van der Waals surface area contributed by atoms with Gasteiger partial charge in [-0.3, -0.25) is 19.7 Å². The molecular weight excluding hydrogens is 492 g/mol. The van der Waals surface area contributed by atoms with Gasteiger partial charge in [-0.25, -0.2) is 0 Å². The van der Waals surface area contributed by atoms with Crippen molar-refractivity contribution in [1.82, 2.24) is 0 Å². The van der Waals surface area contributed by atoms with Gasteiger partial charge in [0.2, 0.25) is 0 Å². The third kappa shape index (κ3) is 5.45. The minimum absolute atomic E-state index is 0.0124. The molecule has 0 radical (unpaired) electrons. The molecule has 3 N–H and O–H groups in total. The summed E-state index contributed by atoms with van der Waals surface area (Å²) in [6, 6.07) is 18.3. The summed E-state index contributed by atoms with van der Waals surface area (Å²) in [4.78, 5) is 35.1. The van der Waals surface area contributed by atoms with Gasteiger partial charge >= 0.3 is 11.9 Å². The first-order valence-electron chi connectivity index (χ1n) is 12.1. The van der Waals surface area contributed by atoms with Crippen LogP contribution in [0.5, 0.6) is 11.5 Å². The van der Waals surface area contributed by atoms with Crippen LogP contribution in [-0.4, -0.2) is 48.8 Å². The maximum Gasteiger partial charge on any atom is 0.314 e. The van der Waals surface area contributed by atoms with E-state index in [0.29, 0.717) is 0 Å². The van der Waals surface area contributed by atoms with E-state index in [1.54, 1.807) is 0 Å². The Morgan fingerprint density at radius 3 is 2.26 bits per heavy atom. The number of carbonyl (C=O) groups is 2. The van der Waals surface area contributed by atoms with Gasteiger partial charge in [-0.15, -0.1) is 0 Å². The molecule has 0 bridgehead atoms. The first kappa shape index (κ1) is 26.6. The number of nitrogens with zero attached hydrogens (tertiary/aromatic N) is 1. The lowest BCUT2D eigenvalue weighted by molar-refractivity contribution is -0.385. The largest absolute Gasteiger partial charge is 0.493 e. The summed E-state index contributed by atoms with van der Waals surface area (Å²) in [5.41, 5.74) is 10.1. The maximum atomic E-state index is 13.3. The van der Waals surface area contributed by atoms with Crippen molar-refractivity contribution in [3.8, 4) is 22.6 Å². The molecule has 10 nitrogen and oxygen atoms in total. The summed E-state index contributed by atoms with van der Waals surface area (Å²) in [6.07, 6.45) is 0.0541. The minimum atomic E-state index is -1.06. The Hall–Kier alpha value is -4.44. The maximum absolute atomic E-state index is 13.3. The summed E-state index contributed by atoms with van der Waals surface area (Å²) >= 11 is 0. The van der Waals surface area contributed by atoms with Gasteiger partial charge in [-0.2, -0.15) is 0 Å². The second-order valence-corrected chi connectivity index (χ2v) is 8.81. The van der Waals surface area contributed by atoms with Crippen molar-refractivity contribution < 1.29 is 33.8 Å². The number of fused-ring (bicyclic) bond motifs is 3. The molecular formula is C28H28N2O8. The van der Waals surface area contributed by atoms with E-state index in [0.717, 1.165) is 22.3 Å². The number of rotatable bonds is 12. The molecule has 1 unspecified atom stereocenters. The number of nitrogens with two attached hydrogens (primary N) is 1. The third-order valence-electron chi connectivity index (χ3n) is 6.53. The average Bonchev–Trinajstić information content (AvgIpc) is 3.23. The van der Waals surface area contributed by atoms with Gasteiger partial charge in [0.1, 0.15) is 6.61 Å². The highest BCUT2D eigenvalue weighted by Crippen LogP contribution is 2.45. The van der Waals surface area contributed by atoms with Crippen LogP contribution < -0.4 is 15.2 Å². The minimum Gasteiger partial charge on any atom is -0.493 e. The lowest BCUT2D eigenvalue weighted by atomic mass is 9.96. The zero-order valence-corrected chi connectivity index (χ0v) is 20.8. The normalized spacial score (nSPS) is 12.8. The number of nitro groups is 1. The lowest BCUT2D eigenvalue weighted by Crippen LogP contribution is -2.26. The fourth-order valence-corrected chi connectivity index (χ4v) is 4.76. The highest BCUT2D eigenvalue weighted by molar-refractivity contribution is 5.82. The second-order valence-electron chi connectivity index (χ2n) is 8.81. The number of carbonyl (C=O) groups excluding carboxylic acids is 1. The van der Waals surface area contributed by atoms with Crippen LogP contribution in [0.15, 0.2) is 60.7 Å². The van der Waals surface area contributed by atoms with Crippen molar-refractivity contribution in [1.29, 1.82) is 0 Å². The molecule has 3 aromatic rings. The van der Waals surface area contributed by atoms with Gasteiger partial charge in [0.05, 0.1) is 30.6 Å². The fraction of sp³-hybridized carbons (Fsp3) is 0.286. The summed E-state index contributed by atoms with van der Waals surface area (Å²) in [5.74, 6) is -2.73. The molecule has 0 saturated heterocycles. The molecule has 198 valence electrons. The number of non-ortho nitro benzene ring substituents is 1. The Labute approximate surface area is 219 Å². The molecule has 0 amide bonds. The molecule has 4 rings (SSSR count). The number of carboxylic acids is 1. The average molecular weight is 521 g/mol. The van der Waals surface area contributed by atoms with Gasteiger partial charge < -0.3 is 25.1 Å². The van der Waals surface area contributed by atoms with E-state index in [1.165, 1.54) is 19.2 Å². The summed E-state index contributed by atoms with van der Waals surface area (Å²) in [5, 5.41) is 20.5. The molecule has 38 heavy (non-hydrogen) atoms. The zero-order valence-electron chi connectivity index (χ0n) is 20.8. The van der Waals surface area contributed by atoms with Crippen LogP contribution in [0.4, 0.5) is 5.69 Å². The first-order chi connectivity index (χ1) is 18.3. The van der Waals surface area contributed by atoms with Gasteiger partial charge in [-0.1, -0.05) is 48.5 Å². The van der Waals surface area contributed by atoms with E-state index in [4.69, 9.17) is 25.1 Å². The van der Waals surface area contributed by atoms with Gasteiger partial charge in [0, 0.05) is 30.5 Å². The topological polar surface area (TPSA) is 151 Å². The van der Waals surface area contributed by atoms with Crippen LogP contribution in [0.1, 0.15) is 41.4 Å². The third-order valence-corrected chi connectivity index (χ3v) is 6.53. The molecule has 0 heterocycles. The summed E-state index contributed by atoms with van der Waals surface area (Å²) in [7, 11) is 1.35. The first-order valence-corrected chi connectivity index (χ1v) is 12.1. The van der Waals surface area contributed by atoms with Crippen LogP contribution in [0, 0.1) is 10.1 Å². The molecule has 0 fully saturated rings. The van der Waals surface area contributed by atoms with Crippen molar-refractivity contribution in [3.63, 3.8) is 0 Å². The molecule has 1 aliphatic carbocycles. The van der Waals surface area contributed by atoms with Crippen molar-refractivity contribution in [2.75, 3.05) is 26.9 Å². The SMILES string of the molecule is COc1c(OCCCC(=O)O)cc([N+](=O)[O-])cc1C(CN)C(=O)OCC1c2ccccc2-c2ccccc21. The molecule has 1 aliphatic rings. The van der Waals surface area contributed by atoms with Crippen molar-refractivity contribution >= 4 is 17.6 Å². The quantitative estimate of drug-likeness (QED) is 0.155. The van der Waals surface area contributed by atoms with E-state index in [-0.39, 0.29) is 61.3 Å². The van der Waals surface area contributed by atoms with Crippen molar-refractivity contribution in [3.05, 3.63) is 87.5 Å². The molecule has 0 aromatic heterocycles. The Morgan fingerprint density at radius 2 is 1.71 bits per heavy atom.